The molecule has 2 atom stereocenters. The van der Waals surface area contributed by atoms with E-state index in [1.807, 2.05) is 6.92 Å². The zero-order valence-corrected chi connectivity index (χ0v) is 14.1. The van der Waals surface area contributed by atoms with Gasteiger partial charge in [-0.05, 0) is 58.7 Å². The molecule has 0 aliphatic carbocycles. The Kier molecular flexibility index (Phi) is 5.46. The summed E-state index contributed by atoms with van der Waals surface area (Å²) in [7, 11) is 0. The Balaban J connectivity index is 2.00. The van der Waals surface area contributed by atoms with Crippen molar-refractivity contribution in [3.8, 4) is 0 Å². The van der Waals surface area contributed by atoms with Crippen LogP contribution in [-0.2, 0) is 9.47 Å². The van der Waals surface area contributed by atoms with Gasteiger partial charge in [0.15, 0.2) is 0 Å². The van der Waals surface area contributed by atoms with E-state index in [9.17, 15) is 9.18 Å². The first-order valence-corrected chi connectivity index (χ1v) is 7.92. The molecule has 2 rings (SSSR count). The maximum absolute atomic E-state index is 13.5. The summed E-state index contributed by atoms with van der Waals surface area (Å²) in [6.45, 7) is 7.97. The second-order valence-corrected chi connectivity index (χ2v) is 6.84. The smallest absolute Gasteiger partial charge is 0.412 e. The molecule has 2 unspecified atom stereocenters. The van der Waals surface area contributed by atoms with E-state index in [0.717, 1.165) is 12.8 Å². The van der Waals surface area contributed by atoms with Crippen molar-refractivity contribution in [1.82, 2.24) is 0 Å². The van der Waals surface area contributed by atoms with Gasteiger partial charge >= 0.3 is 6.09 Å². The lowest BCUT2D eigenvalue weighted by atomic mass is 10.2. The molecule has 5 nitrogen and oxygen atoms in total. The molecule has 6 heteroatoms. The van der Waals surface area contributed by atoms with Crippen LogP contribution >= 0.6 is 0 Å². The highest BCUT2D eigenvalue weighted by molar-refractivity contribution is 5.89. The lowest BCUT2D eigenvalue weighted by Crippen LogP contribution is -2.27. The van der Waals surface area contributed by atoms with E-state index in [0.29, 0.717) is 17.9 Å². The first-order chi connectivity index (χ1) is 10.7. The van der Waals surface area contributed by atoms with Gasteiger partial charge in [0, 0.05) is 6.54 Å². The van der Waals surface area contributed by atoms with Crippen LogP contribution in [0.5, 0.6) is 0 Å². The van der Waals surface area contributed by atoms with Crippen molar-refractivity contribution in [3.63, 3.8) is 0 Å². The minimum absolute atomic E-state index is 0.0997. The molecule has 0 radical (unpaired) electrons. The fraction of sp³-hybridized carbons (Fsp3) is 0.588. The molecule has 1 saturated heterocycles. The summed E-state index contributed by atoms with van der Waals surface area (Å²) in [4.78, 5) is 11.9. The lowest BCUT2D eigenvalue weighted by molar-refractivity contribution is 0.0634. The summed E-state index contributed by atoms with van der Waals surface area (Å²) in [6.07, 6.45) is 1.78. The predicted octanol–water partition coefficient (Wildman–Crippen LogP) is 4.15. The number of amides is 1. The van der Waals surface area contributed by atoms with Crippen molar-refractivity contribution < 1.29 is 18.7 Å². The molecule has 1 heterocycles. The standard InChI is InChI=1S/C17H25FN2O3/c1-11-5-7-13(22-11)10-19-15-9-12(18)6-8-14(15)20-16(21)23-17(2,3)4/h6,8-9,11,13,19H,5,7,10H2,1-4H3,(H,20,21). The number of hydrogen-bond donors (Lipinski definition) is 2. The zero-order valence-electron chi connectivity index (χ0n) is 14.1. The van der Waals surface area contributed by atoms with Crippen LogP contribution in [0.25, 0.3) is 0 Å². The SMILES string of the molecule is CC1CCC(CNc2cc(F)ccc2NC(=O)OC(C)(C)C)O1. The summed E-state index contributed by atoms with van der Waals surface area (Å²) in [6, 6.07) is 4.16. The number of carbonyl (C=O) groups is 1. The van der Waals surface area contributed by atoms with Crippen LogP contribution < -0.4 is 10.6 Å². The van der Waals surface area contributed by atoms with Crippen molar-refractivity contribution in [2.75, 3.05) is 17.2 Å². The van der Waals surface area contributed by atoms with Crippen LogP contribution in [-0.4, -0.2) is 30.4 Å². The molecule has 0 spiro atoms. The maximum Gasteiger partial charge on any atom is 0.412 e. The van der Waals surface area contributed by atoms with Crippen molar-refractivity contribution >= 4 is 17.5 Å². The Morgan fingerprint density at radius 2 is 2.09 bits per heavy atom. The maximum atomic E-state index is 13.5. The fourth-order valence-corrected chi connectivity index (χ4v) is 2.44. The number of carbonyl (C=O) groups excluding carboxylic acids is 1. The average Bonchev–Trinajstić information content (AvgIpc) is 2.82. The highest BCUT2D eigenvalue weighted by atomic mass is 19.1. The number of hydrogen-bond acceptors (Lipinski definition) is 4. The van der Waals surface area contributed by atoms with E-state index < -0.39 is 11.7 Å². The van der Waals surface area contributed by atoms with Gasteiger partial charge < -0.3 is 14.8 Å². The Labute approximate surface area is 136 Å². The molecule has 1 amide bonds. The summed E-state index contributed by atoms with van der Waals surface area (Å²) in [5, 5.41) is 5.80. The van der Waals surface area contributed by atoms with Crippen molar-refractivity contribution in [2.45, 2.75) is 58.3 Å². The summed E-state index contributed by atoms with van der Waals surface area (Å²) >= 11 is 0. The van der Waals surface area contributed by atoms with Gasteiger partial charge in [-0.3, -0.25) is 5.32 Å². The number of rotatable bonds is 4. The molecule has 1 aliphatic heterocycles. The van der Waals surface area contributed by atoms with Gasteiger partial charge in [0.1, 0.15) is 11.4 Å². The molecule has 0 saturated carbocycles. The molecule has 2 N–H and O–H groups in total. The second-order valence-electron chi connectivity index (χ2n) is 6.84. The highest BCUT2D eigenvalue weighted by Crippen LogP contribution is 2.25. The third-order valence-corrected chi connectivity index (χ3v) is 3.46. The topological polar surface area (TPSA) is 59.6 Å². The Morgan fingerprint density at radius 3 is 2.70 bits per heavy atom. The van der Waals surface area contributed by atoms with Crippen LogP contribution in [0, 0.1) is 5.82 Å². The number of nitrogens with one attached hydrogen (secondary N) is 2. The molecule has 0 bridgehead atoms. The quantitative estimate of drug-likeness (QED) is 0.873. The minimum atomic E-state index is -0.592. The van der Waals surface area contributed by atoms with E-state index in [2.05, 4.69) is 10.6 Å². The van der Waals surface area contributed by atoms with Crippen LogP contribution in [0.4, 0.5) is 20.6 Å². The van der Waals surface area contributed by atoms with E-state index in [-0.39, 0.29) is 18.0 Å². The fourth-order valence-electron chi connectivity index (χ4n) is 2.44. The van der Waals surface area contributed by atoms with Gasteiger partial charge in [-0.2, -0.15) is 0 Å². The molecule has 23 heavy (non-hydrogen) atoms. The Bertz CT molecular complexity index is 557. The number of anilines is 2. The molecule has 1 aliphatic rings. The molecule has 1 aromatic carbocycles. The van der Waals surface area contributed by atoms with Crippen molar-refractivity contribution in [3.05, 3.63) is 24.0 Å². The normalized spacial score (nSPS) is 21.1. The predicted molar refractivity (Wildman–Crippen MR) is 88.3 cm³/mol. The molecular formula is C17H25FN2O3. The van der Waals surface area contributed by atoms with Gasteiger partial charge in [0.25, 0.3) is 0 Å². The highest BCUT2D eigenvalue weighted by Gasteiger charge is 2.22. The molecule has 0 aromatic heterocycles. The van der Waals surface area contributed by atoms with E-state index >= 15 is 0 Å². The zero-order chi connectivity index (χ0) is 17.0. The monoisotopic (exact) mass is 324 g/mol. The number of benzene rings is 1. The first kappa shape index (κ1) is 17.5. The number of ether oxygens (including phenoxy) is 2. The van der Waals surface area contributed by atoms with Gasteiger partial charge in [0.2, 0.25) is 0 Å². The van der Waals surface area contributed by atoms with E-state index in [4.69, 9.17) is 9.47 Å². The first-order valence-electron chi connectivity index (χ1n) is 7.92. The Morgan fingerprint density at radius 1 is 1.35 bits per heavy atom. The van der Waals surface area contributed by atoms with Gasteiger partial charge in [-0.1, -0.05) is 0 Å². The average molecular weight is 324 g/mol. The second kappa shape index (κ2) is 7.17. The van der Waals surface area contributed by atoms with Crippen LogP contribution in [0.1, 0.15) is 40.5 Å². The van der Waals surface area contributed by atoms with E-state index in [1.54, 1.807) is 20.8 Å². The summed E-state index contributed by atoms with van der Waals surface area (Å²) in [5.74, 6) is -0.372. The summed E-state index contributed by atoms with van der Waals surface area (Å²) in [5.41, 5.74) is 0.400. The van der Waals surface area contributed by atoms with Crippen LogP contribution in [0.2, 0.25) is 0 Å². The number of halogens is 1. The molecule has 1 fully saturated rings. The Hall–Kier alpha value is -1.82. The molecule has 1 aromatic rings. The van der Waals surface area contributed by atoms with Gasteiger partial charge in [0.05, 0.1) is 23.6 Å². The van der Waals surface area contributed by atoms with Crippen molar-refractivity contribution in [1.29, 1.82) is 0 Å². The molecule has 128 valence electrons. The summed E-state index contributed by atoms with van der Waals surface area (Å²) < 4.78 is 24.5. The van der Waals surface area contributed by atoms with E-state index in [1.165, 1.54) is 18.2 Å². The van der Waals surface area contributed by atoms with Crippen LogP contribution in [0.15, 0.2) is 18.2 Å². The van der Waals surface area contributed by atoms with Crippen molar-refractivity contribution in [2.24, 2.45) is 0 Å². The largest absolute Gasteiger partial charge is 0.444 e. The van der Waals surface area contributed by atoms with Crippen LogP contribution in [0.3, 0.4) is 0 Å². The van der Waals surface area contributed by atoms with Gasteiger partial charge in [-0.25, -0.2) is 9.18 Å². The third kappa shape index (κ3) is 5.71. The molecular weight excluding hydrogens is 299 g/mol. The lowest BCUT2D eigenvalue weighted by Gasteiger charge is -2.21. The van der Waals surface area contributed by atoms with Gasteiger partial charge in [-0.15, -0.1) is 0 Å². The minimum Gasteiger partial charge on any atom is -0.444 e. The third-order valence-electron chi connectivity index (χ3n) is 3.46.